The third-order valence-corrected chi connectivity index (χ3v) is 2.54. The van der Waals surface area contributed by atoms with Crippen LogP contribution < -0.4 is 21.3 Å². The number of hydrogen-bond acceptors (Lipinski definition) is 4. The van der Waals surface area contributed by atoms with Crippen LogP contribution in [0.5, 0.6) is 5.75 Å². The molecular formula is C13H22N4O2. The van der Waals surface area contributed by atoms with Gasteiger partial charge in [0, 0.05) is 13.7 Å². The quantitative estimate of drug-likeness (QED) is 0.217. The van der Waals surface area contributed by atoms with Gasteiger partial charge >= 0.3 is 0 Å². The molecule has 4 N–H and O–H groups in total. The van der Waals surface area contributed by atoms with Crippen molar-refractivity contribution in [3.05, 3.63) is 29.8 Å². The Morgan fingerprint density at radius 2 is 2.21 bits per heavy atom. The number of hydrogen-bond donors (Lipinski definition) is 3. The lowest BCUT2D eigenvalue weighted by atomic mass is 10.1. The molecule has 0 bridgehead atoms. The summed E-state index contributed by atoms with van der Waals surface area (Å²) in [6.07, 6.45) is 0.863. The molecule has 0 aromatic heterocycles. The Labute approximate surface area is 114 Å². The molecule has 1 aromatic carbocycles. The number of aliphatic imine (C=N–C) groups is 1. The van der Waals surface area contributed by atoms with E-state index in [0.717, 1.165) is 18.7 Å². The van der Waals surface area contributed by atoms with E-state index in [4.69, 9.17) is 15.3 Å². The Morgan fingerprint density at radius 3 is 2.89 bits per heavy atom. The van der Waals surface area contributed by atoms with Crippen LogP contribution in [0.25, 0.3) is 0 Å². The van der Waals surface area contributed by atoms with E-state index < -0.39 is 0 Å². The van der Waals surface area contributed by atoms with Crippen LogP contribution >= 0.6 is 0 Å². The largest absolute Gasteiger partial charge is 0.497 e. The van der Waals surface area contributed by atoms with Gasteiger partial charge in [0.15, 0.2) is 0 Å². The number of benzene rings is 1. The Balaban J connectivity index is 2.37. The van der Waals surface area contributed by atoms with Gasteiger partial charge in [-0.15, -0.1) is 0 Å². The highest BCUT2D eigenvalue weighted by atomic mass is 16.5. The summed E-state index contributed by atoms with van der Waals surface area (Å²) in [6.45, 7) is 1.88. The van der Waals surface area contributed by atoms with Gasteiger partial charge in [0.25, 0.3) is 0 Å². The molecule has 0 amide bonds. The van der Waals surface area contributed by atoms with Gasteiger partial charge in [-0.25, -0.2) is 10.8 Å². The van der Waals surface area contributed by atoms with Crippen molar-refractivity contribution in [1.29, 1.82) is 0 Å². The minimum atomic E-state index is 0.569. The second-order valence-corrected chi connectivity index (χ2v) is 3.90. The molecule has 106 valence electrons. The topological polar surface area (TPSA) is 80.9 Å². The molecule has 19 heavy (non-hydrogen) atoms. The van der Waals surface area contributed by atoms with E-state index in [1.54, 1.807) is 14.2 Å². The molecule has 0 aliphatic carbocycles. The first kappa shape index (κ1) is 15.3. The molecule has 1 rings (SSSR count). The average molecular weight is 266 g/mol. The number of nitrogens with two attached hydrogens (primary N) is 1. The Morgan fingerprint density at radius 1 is 1.37 bits per heavy atom. The van der Waals surface area contributed by atoms with Crippen LogP contribution in [0.3, 0.4) is 0 Å². The summed E-state index contributed by atoms with van der Waals surface area (Å²) in [5, 5.41) is 3.13. The Bertz CT molecular complexity index is 396. The Kier molecular flexibility index (Phi) is 7.38. The van der Waals surface area contributed by atoms with Crippen molar-refractivity contribution in [2.45, 2.75) is 6.42 Å². The zero-order valence-electron chi connectivity index (χ0n) is 11.5. The smallest absolute Gasteiger partial charge is 0.205 e. The normalized spacial score (nSPS) is 11.2. The third kappa shape index (κ3) is 6.08. The zero-order valence-corrected chi connectivity index (χ0v) is 11.5. The first-order chi connectivity index (χ1) is 9.30. The molecule has 0 aliphatic heterocycles. The molecule has 0 aliphatic rings. The van der Waals surface area contributed by atoms with Crippen molar-refractivity contribution in [2.24, 2.45) is 10.8 Å². The standard InChI is InChI=1S/C13H22N4O2/c1-18-9-8-16-13(17-14)15-7-6-11-4-3-5-12(10-11)19-2/h3-5,10H,6-9,14H2,1-2H3,(H2,15,16,17). The fourth-order valence-electron chi connectivity index (χ4n) is 1.55. The molecule has 0 spiro atoms. The number of methoxy groups -OCH3 is 2. The highest BCUT2D eigenvalue weighted by molar-refractivity contribution is 5.79. The van der Waals surface area contributed by atoms with Crippen LogP contribution in [-0.4, -0.2) is 39.9 Å². The van der Waals surface area contributed by atoms with Gasteiger partial charge in [0.05, 0.1) is 20.3 Å². The maximum absolute atomic E-state index is 5.38. The molecule has 6 heteroatoms. The van der Waals surface area contributed by atoms with Crippen molar-refractivity contribution >= 4 is 5.96 Å². The van der Waals surface area contributed by atoms with Crippen molar-refractivity contribution in [3.63, 3.8) is 0 Å². The van der Waals surface area contributed by atoms with Crippen LogP contribution in [0.2, 0.25) is 0 Å². The van der Waals surface area contributed by atoms with Crippen LogP contribution in [0.15, 0.2) is 29.3 Å². The van der Waals surface area contributed by atoms with Gasteiger partial charge in [-0.2, -0.15) is 0 Å². The third-order valence-electron chi connectivity index (χ3n) is 2.54. The Hall–Kier alpha value is -1.79. The fraction of sp³-hybridized carbons (Fsp3) is 0.462. The van der Waals surface area contributed by atoms with E-state index >= 15 is 0 Å². The summed E-state index contributed by atoms with van der Waals surface area (Å²) in [5.41, 5.74) is 3.72. The van der Waals surface area contributed by atoms with Crippen LogP contribution in [0.4, 0.5) is 0 Å². The first-order valence-electron chi connectivity index (χ1n) is 6.17. The van der Waals surface area contributed by atoms with Gasteiger partial charge in [-0.3, -0.25) is 5.43 Å². The molecule has 0 heterocycles. The molecular weight excluding hydrogens is 244 g/mol. The van der Waals surface area contributed by atoms with E-state index in [0.29, 0.717) is 19.1 Å². The molecule has 0 saturated heterocycles. The van der Waals surface area contributed by atoms with E-state index in [1.807, 2.05) is 18.2 Å². The predicted octanol–water partition coefficient (Wildman–Crippen LogP) is 0.293. The van der Waals surface area contributed by atoms with Gasteiger partial charge in [0.2, 0.25) is 5.96 Å². The zero-order chi connectivity index (χ0) is 13.9. The van der Waals surface area contributed by atoms with E-state index in [-0.39, 0.29) is 0 Å². The second kappa shape index (κ2) is 9.18. The molecule has 6 nitrogen and oxygen atoms in total. The summed E-state index contributed by atoms with van der Waals surface area (Å²) >= 11 is 0. The maximum atomic E-state index is 5.38. The van der Waals surface area contributed by atoms with Crippen molar-refractivity contribution < 1.29 is 9.47 Å². The molecule has 0 atom stereocenters. The number of nitrogens with zero attached hydrogens (tertiary/aromatic N) is 1. The number of hydrazine groups is 1. The van der Waals surface area contributed by atoms with Crippen molar-refractivity contribution in [3.8, 4) is 5.75 Å². The average Bonchev–Trinajstić information content (AvgIpc) is 2.46. The van der Waals surface area contributed by atoms with Crippen molar-refractivity contribution in [1.82, 2.24) is 10.7 Å². The van der Waals surface area contributed by atoms with E-state index in [1.165, 1.54) is 5.56 Å². The SMILES string of the molecule is COCCN=C(NN)NCCc1cccc(OC)c1. The lowest BCUT2D eigenvalue weighted by molar-refractivity contribution is 0.208. The van der Waals surface area contributed by atoms with Gasteiger partial charge in [-0.05, 0) is 24.1 Å². The molecule has 0 saturated carbocycles. The second-order valence-electron chi connectivity index (χ2n) is 3.90. The van der Waals surface area contributed by atoms with Crippen molar-refractivity contribution in [2.75, 3.05) is 33.9 Å². The van der Waals surface area contributed by atoms with Crippen LogP contribution in [0.1, 0.15) is 5.56 Å². The van der Waals surface area contributed by atoms with Gasteiger partial charge in [0.1, 0.15) is 5.75 Å². The number of ether oxygens (including phenoxy) is 2. The summed E-state index contributed by atoms with van der Waals surface area (Å²) in [6, 6.07) is 7.97. The lowest BCUT2D eigenvalue weighted by Gasteiger charge is -2.09. The monoisotopic (exact) mass is 266 g/mol. The fourth-order valence-corrected chi connectivity index (χ4v) is 1.55. The van der Waals surface area contributed by atoms with E-state index in [2.05, 4.69) is 21.8 Å². The number of guanidine groups is 1. The van der Waals surface area contributed by atoms with Crippen LogP contribution in [-0.2, 0) is 11.2 Å². The maximum Gasteiger partial charge on any atom is 0.205 e. The molecule has 0 unspecified atom stereocenters. The van der Waals surface area contributed by atoms with E-state index in [9.17, 15) is 0 Å². The number of nitrogens with one attached hydrogen (secondary N) is 2. The summed E-state index contributed by atoms with van der Waals surface area (Å²) in [4.78, 5) is 4.22. The van der Waals surface area contributed by atoms with Gasteiger partial charge in [-0.1, -0.05) is 12.1 Å². The van der Waals surface area contributed by atoms with Crippen LogP contribution in [0, 0.1) is 0 Å². The summed E-state index contributed by atoms with van der Waals surface area (Å²) in [7, 11) is 3.30. The number of rotatable bonds is 7. The molecule has 0 fully saturated rings. The first-order valence-corrected chi connectivity index (χ1v) is 6.17. The summed E-state index contributed by atoms with van der Waals surface area (Å²) < 4.78 is 10.1. The minimum Gasteiger partial charge on any atom is -0.497 e. The highest BCUT2D eigenvalue weighted by Crippen LogP contribution is 2.12. The minimum absolute atomic E-state index is 0.569. The summed E-state index contributed by atoms with van der Waals surface area (Å²) in [5.74, 6) is 6.81. The molecule has 0 radical (unpaired) electrons. The lowest BCUT2D eigenvalue weighted by Crippen LogP contribution is -2.42. The predicted molar refractivity (Wildman–Crippen MR) is 76.2 cm³/mol. The van der Waals surface area contributed by atoms with Gasteiger partial charge < -0.3 is 14.8 Å². The highest BCUT2D eigenvalue weighted by Gasteiger charge is 1.98. The molecule has 1 aromatic rings.